The van der Waals surface area contributed by atoms with Crippen LogP contribution in [0.2, 0.25) is 0 Å². The minimum absolute atomic E-state index is 0.282. The number of carbonyl (C=O) groups is 1. The van der Waals surface area contributed by atoms with E-state index < -0.39 is 11.7 Å². The summed E-state index contributed by atoms with van der Waals surface area (Å²) < 4.78 is 29.1. The van der Waals surface area contributed by atoms with E-state index in [4.69, 9.17) is 14.2 Å². The van der Waals surface area contributed by atoms with Crippen molar-refractivity contribution in [3.63, 3.8) is 0 Å². The highest BCUT2D eigenvalue weighted by Gasteiger charge is 2.15. The standard InChI is InChI=1S/C20H23FN2O4/c1-20(2,3)27-19(24)23-22-12-15-7-10-17(18(11-15)25-4)26-13-14-5-8-16(21)9-6-14/h5-12H,13H2,1-4H3,(H,23,24)/b22-12-. The van der Waals surface area contributed by atoms with Gasteiger partial charge in [-0.3, -0.25) is 0 Å². The molecule has 2 aromatic rings. The predicted octanol–water partition coefficient (Wildman–Crippen LogP) is 4.27. The number of ether oxygens (including phenoxy) is 3. The van der Waals surface area contributed by atoms with Crippen molar-refractivity contribution in [1.29, 1.82) is 0 Å². The number of benzene rings is 2. The molecular weight excluding hydrogens is 351 g/mol. The first-order chi connectivity index (χ1) is 12.8. The van der Waals surface area contributed by atoms with Gasteiger partial charge in [0.25, 0.3) is 0 Å². The van der Waals surface area contributed by atoms with Crippen LogP contribution in [0.15, 0.2) is 47.6 Å². The molecule has 0 saturated heterocycles. The van der Waals surface area contributed by atoms with E-state index in [-0.39, 0.29) is 12.4 Å². The first kappa shape index (κ1) is 20.2. The Balaban J connectivity index is 1.97. The van der Waals surface area contributed by atoms with Crippen LogP contribution in [-0.2, 0) is 11.3 Å². The van der Waals surface area contributed by atoms with Gasteiger partial charge in [0.05, 0.1) is 13.3 Å². The smallest absolute Gasteiger partial charge is 0.428 e. The molecule has 0 atom stereocenters. The number of halogens is 1. The Bertz CT molecular complexity index is 799. The van der Waals surface area contributed by atoms with E-state index in [9.17, 15) is 9.18 Å². The Kier molecular flexibility index (Phi) is 6.76. The lowest BCUT2D eigenvalue weighted by Crippen LogP contribution is -2.29. The second-order valence-electron chi connectivity index (χ2n) is 6.70. The summed E-state index contributed by atoms with van der Waals surface area (Å²) in [5, 5.41) is 3.85. The summed E-state index contributed by atoms with van der Waals surface area (Å²) in [7, 11) is 1.53. The van der Waals surface area contributed by atoms with Crippen LogP contribution in [0, 0.1) is 5.82 Å². The van der Waals surface area contributed by atoms with Crippen LogP contribution in [0.3, 0.4) is 0 Å². The SMILES string of the molecule is COc1cc(/C=N\NC(=O)OC(C)(C)C)ccc1OCc1ccc(F)cc1. The number of carbonyl (C=O) groups excluding carboxylic acids is 1. The van der Waals surface area contributed by atoms with Gasteiger partial charge in [-0.1, -0.05) is 12.1 Å². The Labute approximate surface area is 157 Å². The zero-order chi connectivity index (χ0) is 19.9. The molecular formula is C20H23FN2O4. The summed E-state index contributed by atoms with van der Waals surface area (Å²) in [5.41, 5.74) is 3.25. The fourth-order valence-corrected chi connectivity index (χ4v) is 2.09. The molecule has 0 spiro atoms. The molecule has 0 aliphatic carbocycles. The Morgan fingerprint density at radius 2 is 1.85 bits per heavy atom. The third kappa shape index (κ3) is 6.97. The normalized spacial score (nSPS) is 11.3. The molecule has 0 aromatic heterocycles. The van der Waals surface area contributed by atoms with Gasteiger partial charge in [-0.25, -0.2) is 14.6 Å². The molecule has 0 aliphatic heterocycles. The van der Waals surface area contributed by atoms with Crippen LogP contribution in [0.4, 0.5) is 9.18 Å². The summed E-state index contributed by atoms with van der Waals surface area (Å²) >= 11 is 0. The second-order valence-corrected chi connectivity index (χ2v) is 6.70. The van der Waals surface area contributed by atoms with Gasteiger partial charge in [0.15, 0.2) is 11.5 Å². The fraction of sp³-hybridized carbons (Fsp3) is 0.300. The summed E-state index contributed by atoms with van der Waals surface area (Å²) in [6.45, 7) is 5.59. The van der Waals surface area contributed by atoms with Crippen LogP contribution in [0.25, 0.3) is 0 Å². The van der Waals surface area contributed by atoms with E-state index in [0.29, 0.717) is 17.1 Å². The van der Waals surface area contributed by atoms with Gasteiger partial charge in [-0.2, -0.15) is 5.10 Å². The largest absolute Gasteiger partial charge is 0.493 e. The summed E-state index contributed by atoms with van der Waals surface area (Å²) in [4.78, 5) is 11.6. The zero-order valence-corrected chi connectivity index (χ0v) is 15.8. The highest BCUT2D eigenvalue weighted by molar-refractivity contribution is 5.82. The molecule has 0 bridgehead atoms. The van der Waals surface area contributed by atoms with Gasteiger partial charge in [-0.15, -0.1) is 0 Å². The van der Waals surface area contributed by atoms with Crippen molar-refractivity contribution < 1.29 is 23.4 Å². The van der Waals surface area contributed by atoms with Gasteiger partial charge in [0, 0.05) is 0 Å². The van der Waals surface area contributed by atoms with Gasteiger partial charge in [0.1, 0.15) is 18.0 Å². The number of amides is 1. The molecule has 0 radical (unpaired) electrons. The monoisotopic (exact) mass is 374 g/mol. The summed E-state index contributed by atoms with van der Waals surface area (Å²) in [6.07, 6.45) is 0.834. The van der Waals surface area contributed by atoms with Crippen molar-refractivity contribution in [2.45, 2.75) is 33.0 Å². The minimum atomic E-state index is -0.634. The Morgan fingerprint density at radius 3 is 2.48 bits per heavy atom. The first-order valence-electron chi connectivity index (χ1n) is 8.34. The number of methoxy groups -OCH3 is 1. The van der Waals surface area contributed by atoms with Gasteiger partial charge in [-0.05, 0) is 62.2 Å². The summed E-state index contributed by atoms with van der Waals surface area (Å²) in [5.74, 6) is 0.761. The maximum atomic E-state index is 12.9. The van der Waals surface area contributed by atoms with Crippen LogP contribution < -0.4 is 14.9 Å². The van der Waals surface area contributed by atoms with Crippen molar-refractivity contribution in [2.24, 2.45) is 5.10 Å². The second kappa shape index (κ2) is 9.02. The topological polar surface area (TPSA) is 69.2 Å². The van der Waals surface area contributed by atoms with E-state index in [1.807, 2.05) is 0 Å². The maximum Gasteiger partial charge on any atom is 0.428 e. The van der Waals surface area contributed by atoms with Crippen LogP contribution in [-0.4, -0.2) is 25.0 Å². The number of nitrogens with zero attached hydrogens (tertiary/aromatic N) is 1. The van der Waals surface area contributed by atoms with E-state index in [1.165, 1.54) is 25.5 Å². The molecule has 1 amide bonds. The third-order valence-corrected chi connectivity index (χ3v) is 3.26. The van der Waals surface area contributed by atoms with Crippen molar-refractivity contribution >= 4 is 12.3 Å². The molecule has 0 heterocycles. The Morgan fingerprint density at radius 1 is 1.15 bits per heavy atom. The molecule has 6 nitrogen and oxygen atoms in total. The van der Waals surface area contributed by atoms with E-state index in [1.54, 1.807) is 51.1 Å². The van der Waals surface area contributed by atoms with E-state index >= 15 is 0 Å². The molecule has 0 saturated carbocycles. The van der Waals surface area contributed by atoms with Crippen LogP contribution in [0.1, 0.15) is 31.9 Å². The van der Waals surface area contributed by atoms with E-state index in [0.717, 1.165) is 5.56 Å². The number of rotatable bonds is 6. The predicted molar refractivity (Wildman–Crippen MR) is 101 cm³/mol. The molecule has 2 rings (SSSR count). The van der Waals surface area contributed by atoms with Crippen LogP contribution in [0.5, 0.6) is 11.5 Å². The number of hydrazone groups is 1. The quantitative estimate of drug-likeness (QED) is 0.605. The number of hydrogen-bond acceptors (Lipinski definition) is 5. The van der Waals surface area contributed by atoms with Gasteiger partial charge >= 0.3 is 6.09 Å². The summed E-state index contributed by atoms with van der Waals surface area (Å²) in [6, 6.07) is 11.3. The maximum absolute atomic E-state index is 12.9. The van der Waals surface area contributed by atoms with Crippen molar-refractivity contribution in [2.75, 3.05) is 7.11 Å². The molecule has 27 heavy (non-hydrogen) atoms. The average molecular weight is 374 g/mol. The molecule has 2 aromatic carbocycles. The minimum Gasteiger partial charge on any atom is -0.493 e. The van der Waals surface area contributed by atoms with Crippen molar-refractivity contribution in [1.82, 2.24) is 5.43 Å². The Hall–Kier alpha value is -3.09. The average Bonchev–Trinajstić information content (AvgIpc) is 2.60. The van der Waals surface area contributed by atoms with Crippen LogP contribution >= 0.6 is 0 Å². The zero-order valence-electron chi connectivity index (χ0n) is 15.8. The van der Waals surface area contributed by atoms with Gasteiger partial charge < -0.3 is 14.2 Å². The molecule has 7 heteroatoms. The lowest BCUT2D eigenvalue weighted by Gasteiger charge is -2.18. The molecule has 0 aliphatic rings. The highest BCUT2D eigenvalue weighted by atomic mass is 19.1. The third-order valence-electron chi connectivity index (χ3n) is 3.26. The lowest BCUT2D eigenvalue weighted by molar-refractivity contribution is 0.0529. The molecule has 1 N–H and O–H groups in total. The first-order valence-corrected chi connectivity index (χ1v) is 8.34. The molecule has 144 valence electrons. The fourth-order valence-electron chi connectivity index (χ4n) is 2.09. The van der Waals surface area contributed by atoms with Crippen molar-refractivity contribution in [3.05, 3.63) is 59.4 Å². The molecule has 0 unspecified atom stereocenters. The number of nitrogens with one attached hydrogen (secondary N) is 1. The lowest BCUT2D eigenvalue weighted by atomic mass is 10.2. The van der Waals surface area contributed by atoms with E-state index in [2.05, 4.69) is 10.5 Å². The highest BCUT2D eigenvalue weighted by Crippen LogP contribution is 2.28. The van der Waals surface area contributed by atoms with Crippen molar-refractivity contribution in [3.8, 4) is 11.5 Å². The van der Waals surface area contributed by atoms with Gasteiger partial charge in [0.2, 0.25) is 0 Å². The molecule has 0 fully saturated rings. The number of hydrogen-bond donors (Lipinski definition) is 1.